The van der Waals surface area contributed by atoms with Gasteiger partial charge in [-0.15, -0.1) is 0 Å². The molecule has 0 radical (unpaired) electrons. The predicted octanol–water partition coefficient (Wildman–Crippen LogP) is 4.42. The highest BCUT2D eigenvalue weighted by Crippen LogP contribution is 2.26. The Morgan fingerprint density at radius 2 is 1.93 bits per heavy atom. The van der Waals surface area contributed by atoms with E-state index < -0.39 is 6.10 Å². The monoisotopic (exact) mass is 380 g/mol. The minimum Gasteiger partial charge on any atom is -0.481 e. The molecule has 0 spiro atoms. The Labute approximate surface area is 168 Å². The third-order valence-corrected chi connectivity index (χ3v) is 5.25. The summed E-state index contributed by atoms with van der Waals surface area (Å²) in [6.07, 6.45) is 3.50. The smallest absolute Gasteiger partial charge is 0.261 e. The van der Waals surface area contributed by atoms with E-state index in [2.05, 4.69) is 40.5 Å². The van der Waals surface area contributed by atoms with Gasteiger partial charge in [-0.3, -0.25) is 4.79 Å². The number of fused-ring (bicyclic) bond motifs is 1. The first kappa shape index (κ1) is 20.2. The summed E-state index contributed by atoms with van der Waals surface area (Å²) in [4.78, 5) is 15.0. The van der Waals surface area contributed by atoms with Gasteiger partial charge in [0.25, 0.3) is 5.91 Å². The average Bonchev–Trinajstić information content (AvgIpc) is 2.68. The number of nitrogens with zero attached hydrogens (tertiary/aromatic N) is 1. The summed E-state index contributed by atoms with van der Waals surface area (Å²) in [6, 6.07) is 14.7. The molecule has 1 heterocycles. The van der Waals surface area contributed by atoms with E-state index in [0.29, 0.717) is 13.0 Å². The van der Waals surface area contributed by atoms with Gasteiger partial charge >= 0.3 is 0 Å². The van der Waals surface area contributed by atoms with E-state index in [1.165, 1.54) is 17.7 Å². The van der Waals surface area contributed by atoms with Gasteiger partial charge in [0, 0.05) is 25.3 Å². The summed E-state index contributed by atoms with van der Waals surface area (Å²) >= 11 is 0. The number of aryl methyl sites for hydroxylation is 3. The average molecular weight is 381 g/mol. The fourth-order valence-electron chi connectivity index (χ4n) is 3.93. The molecule has 3 rings (SSSR count). The van der Waals surface area contributed by atoms with Crippen LogP contribution < -0.4 is 15.0 Å². The maximum absolute atomic E-state index is 12.5. The first-order valence-corrected chi connectivity index (χ1v) is 10.4. The lowest BCUT2D eigenvalue weighted by atomic mass is 10.0. The van der Waals surface area contributed by atoms with Crippen LogP contribution in [-0.4, -0.2) is 31.6 Å². The number of carbonyl (C=O) groups excluding carboxylic acids is 1. The van der Waals surface area contributed by atoms with Crippen molar-refractivity contribution in [2.75, 3.05) is 24.5 Å². The molecule has 1 atom stereocenters. The highest BCUT2D eigenvalue weighted by molar-refractivity contribution is 5.81. The van der Waals surface area contributed by atoms with Crippen LogP contribution in [0.25, 0.3) is 0 Å². The molecule has 4 heteroatoms. The fourth-order valence-corrected chi connectivity index (χ4v) is 3.93. The first-order valence-electron chi connectivity index (χ1n) is 10.4. The third-order valence-electron chi connectivity index (χ3n) is 5.25. The largest absolute Gasteiger partial charge is 0.481 e. The molecule has 150 valence electrons. The molecule has 0 aromatic heterocycles. The minimum absolute atomic E-state index is 0.0271. The Kier molecular flexibility index (Phi) is 6.96. The van der Waals surface area contributed by atoms with Crippen molar-refractivity contribution in [3.8, 4) is 5.75 Å². The zero-order valence-electron chi connectivity index (χ0n) is 17.3. The van der Waals surface area contributed by atoms with Crippen LogP contribution in [0, 0.1) is 13.8 Å². The van der Waals surface area contributed by atoms with Crippen LogP contribution in [0.5, 0.6) is 5.75 Å². The van der Waals surface area contributed by atoms with Gasteiger partial charge in [-0.1, -0.05) is 31.2 Å². The van der Waals surface area contributed by atoms with Gasteiger partial charge in [0.1, 0.15) is 5.75 Å². The van der Waals surface area contributed by atoms with Crippen molar-refractivity contribution in [3.05, 3.63) is 59.2 Å². The van der Waals surface area contributed by atoms with Gasteiger partial charge < -0.3 is 15.0 Å². The van der Waals surface area contributed by atoms with E-state index in [9.17, 15) is 4.79 Å². The van der Waals surface area contributed by atoms with Crippen molar-refractivity contribution < 1.29 is 9.53 Å². The van der Waals surface area contributed by atoms with Gasteiger partial charge in [0.2, 0.25) is 0 Å². The Morgan fingerprint density at radius 1 is 1.18 bits per heavy atom. The highest BCUT2D eigenvalue weighted by Gasteiger charge is 2.19. The number of hydrogen-bond donors (Lipinski definition) is 1. The van der Waals surface area contributed by atoms with Crippen molar-refractivity contribution in [3.63, 3.8) is 0 Å². The number of hydrogen-bond acceptors (Lipinski definition) is 3. The van der Waals surface area contributed by atoms with Crippen LogP contribution in [0.2, 0.25) is 0 Å². The molecule has 1 N–H and O–H groups in total. The van der Waals surface area contributed by atoms with Crippen molar-refractivity contribution in [1.29, 1.82) is 0 Å². The lowest BCUT2D eigenvalue weighted by Crippen LogP contribution is -2.39. The summed E-state index contributed by atoms with van der Waals surface area (Å²) in [5.74, 6) is 0.741. The maximum Gasteiger partial charge on any atom is 0.261 e. The SMILES string of the molecule is CC[C@H](Oc1cc(C)cc(C)c1)C(=O)NCCCN1CCCc2ccccc21. The number of anilines is 1. The van der Waals surface area contributed by atoms with Crippen LogP contribution in [0.15, 0.2) is 42.5 Å². The second-order valence-corrected chi connectivity index (χ2v) is 7.70. The van der Waals surface area contributed by atoms with Gasteiger partial charge in [-0.05, 0) is 74.4 Å². The molecule has 0 aliphatic carbocycles. The Morgan fingerprint density at radius 3 is 2.68 bits per heavy atom. The molecule has 0 saturated carbocycles. The van der Waals surface area contributed by atoms with Crippen LogP contribution in [0.4, 0.5) is 5.69 Å². The molecule has 0 bridgehead atoms. The number of carbonyl (C=O) groups is 1. The van der Waals surface area contributed by atoms with E-state index in [1.807, 2.05) is 32.9 Å². The first-order chi connectivity index (χ1) is 13.6. The molecule has 2 aromatic rings. The molecule has 1 amide bonds. The summed E-state index contributed by atoms with van der Waals surface area (Å²) in [5, 5.41) is 3.06. The standard InChI is InChI=1S/C24H32N2O2/c1-4-23(28-21-16-18(2)15-19(3)17-21)24(27)25-12-8-14-26-13-7-10-20-9-5-6-11-22(20)26/h5-6,9,11,15-17,23H,4,7-8,10,12-14H2,1-3H3,(H,25,27)/t23-/m0/s1. The lowest BCUT2D eigenvalue weighted by Gasteiger charge is -2.31. The number of para-hydroxylation sites is 1. The second kappa shape index (κ2) is 9.63. The second-order valence-electron chi connectivity index (χ2n) is 7.70. The van der Waals surface area contributed by atoms with Crippen LogP contribution in [-0.2, 0) is 11.2 Å². The van der Waals surface area contributed by atoms with Crippen LogP contribution in [0.3, 0.4) is 0 Å². The molecule has 28 heavy (non-hydrogen) atoms. The van der Waals surface area contributed by atoms with Crippen LogP contribution in [0.1, 0.15) is 42.9 Å². The Hall–Kier alpha value is -2.49. The molecule has 0 fully saturated rings. The van der Waals surface area contributed by atoms with Gasteiger partial charge in [0.05, 0.1) is 0 Å². The number of ether oxygens (including phenoxy) is 1. The number of rotatable bonds is 8. The Balaban J connectivity index is 1.47. The molecular weight excluding hydrogens is 348 g/mol. The number of benzene rings is 2. The minimum atomic E-state index is -0.447. The molecule has 0 unspecified atom stereocenters. The molecular formula is C24H32N2O2. The molecule has 2 aromatic carbocycles. The zero-order chi connectivity index (χ0) is 19.9. The number of nitrogens with one attached hydrogen (secondary N) is 1. The summed E-state index contributed by atoms with van der Waals surface area (Å²) in [5.41, 5.74) is 5.08. The van der Waals surface area contributed by atoms with Gasteiger partial charge in [-0.25, -0.2) is 0 Å². The topological polar surface area (TPSA) is 41.6 Å². The van der Waals surface area contributed by atoms with Crippen molar-refractivity contribution in [2.24, 2.45) is 0 Å². The maximum atomic E-state index is 12.5. The van der Waals surface area contributed by atoms with E-state index in [1.54, 1.807) is 0 Å². The van der Waals surface area contributed by atoms with Crippen molar-refractivity contribution in [1.82, 2.24) is 5.32 Å². The lowest BCUT2D eigenvalue weighted by molar-refractivity contribution is -0.128. The molecule has 1 aliphatic heterocycles. The zero-order valence-corrected chi connectivity index (χ0v) is 17.3. The quantitative estimate of drug-likeness (QED) is 0.689. The van der Waals surface area contributed by atoms with Gasteiger partial charge in [-0.2, -0.15) is 0 Å². The summed E-state index contributed by atoms with van der Waals surface area (Å²) in [6.45, 7) is 8.80. The Bertz CT molecular complexity index is 783. The van der Waals surface area contributed by atoms with E-state index >= 15 is 0 Å². The van der Waals surface area contributed by atoms with Crippen molar-refractivity contribution >= 4 is 11.6 Å². The van der Waals surface area contributed by atoms with E-state index in [4.69, 9.17) is 4.74 Å². The van der Waals surface area contributed by atoms with E-state index in [-0.39, 0.29) is 5.91 Å². The van der Waals surface area contributed by atoms with E-state index in [0.717, 1.165) is 42.8 Å². The number of amides is 1. The normalized spacial score (nSPS) is 14.3. The fraction of sp³-hybridized carbons (Fsp3) is 0.458. The predicted molar refractivity (Wildman–Crippen MR) is 115 cm³/mol. The molecule has 4 nitrogen and oxygen atoms in total. The molecule has 1 aliphatic rings. The van der Waals surface area contributed by atoms with Crippen LogP contribution >= 0.6 is 0 Å². The van der Waals surface area contributed by atoms with Gasteiger partial charge in [0.15, 0.2) is 6.10 Å². The molecule has 0 saturated heterocycles. The summed E-state index contributed by atoms with van der Waals surface area (Å²) in [7, 11) is 0. The summed E-state index contributed by atoms with van der Waals surface area (Å²) < 4.78 is 5.96. The highest BCUT2D eigenvalue weighted by atomic mass is 16.5. The van der Waals surface area contributed by atoms with Crippen molar-refractivity contribution in [2.45, 2.75) is 52.6 Å². The third kappa shape index (κ3) is 5.28.